The average Bonchev–Trinajstić information content (AvgIpc) is 2.71. The van der Waals surface area contributed by atoms with E-state index in [1.165, 1.54) is 32.4 Å². The number of nitrogens with zero attached hydrogens (tertiary/aromatic N) is 2. The molecule has 2 aromatic carbocycles. The number of ether oxygens (including phenoxy) is 2. The molecular formula is C19H21N3O6. The molecule has 1 atom stereocenters. The third kappa shape index (κ3) is 5.44. The number of benzene rings is 2. The summed E-state index contributed by atoms with van der Waals surface area (Å²) in [5.41, 5.74) is 1.01. The summed E-state index contributed by atoms with van der Waals surface area (Å²) in [5, 5.41) is 17.4. The van der Waals surface area contributed by atoms with E-state index in [9.17, 15) is 14.9 Å². The van der Waals surface area contributed by atoms with Gasteiger partial charge in [0.25, 0.3) is 11.6 Å². The molecule has 9 nitrogen and oxygen atoms in total. The van der Waals surface area contributed by atoms with Crippen LogP contribution < -0.4 is 14.8 Å². The molecule has 0 saturated heterocycles. The molecule has 2 aromatic rings. The van der Waals surface area contributed by atoms with Crippen LogP contribution in [-0.4, -0.2) is 37.4 Å². The Morgan fingerprint density at radius 1 is 1.21 bits per heavy atom. The van der Waals surface area contributed by atoms with Gasteiger partial charge in [-0.15, -0.1) is 0 Å². The van der Waals surface area contributed by atoms with Gasteiger partial charge in [0.05, 0.1) is 30.9 Å². The second kappa shape index (κ2) is 9.91. The van der Waals surface area contributed by atoms with E-state index in [4.69, 9.17) is 14.3 Å². The van der Waals surface area contributed by atoms with E-state index in [2.05, 4.69) is 10.5 Å². The van der Waals surface area contributed by atoms with Crippen LogP contribution in [0.4, 0.5) is 5.69 Å². The van der Waals surface area contributed by atoms with Gasteiger partial charge < -0.3 is 19.6 Å². The molecule has 0 saturated carbocycles. The molecule has 0 aliphatic carbocycles. The largest absolute Gasteiger partial charge is 0.493 e. The lowest BCUT2D eigenvalue weighted by molar-refractivity contribution is -0.385. The van der Waals surface area contributed by atoms with Gasteiger partial charge in [-0.25, -0.2) is 0 Å². The molecular weight excluding hydrogens is 366 g/mol. The first kappa shape index (κ1) is 20.7. The van der Waals surface area contributed by atoms with E-state index in [1.54, 1.807) is 37.4 Å². The number of hydrogen-bond donors (Lipinski definition) is 1. The molecule has 0 bridgehead atoms. The van der Waals surface area contributed by atoms with Crippen molar-refractivity contribution in [2.45, 2.75) is 19.6 Å². The minimum absolute atomic E-state index is 0.0968. The zero-order chi connectivity index (χ0) is 20.5. The lowest BCUT2D eigenvalue weighted by atomic mass is 10.2. The van der Waals surface area contributed by atoms with Crippen molar-refractivity contribution >= 4 is 17.8 Å². The minimum atomic E-state index is -0.876. The predicted octanol–water partition coefficient (Wildman–Crippen LogP) is 2.67. The normalized spacial score (nSPS) is 11.7. The van der Waals surface area contributed by atoms with Gasteiger partial charge in [0.15, 0.2) is 11.5 Å². The van der Waals surface area contributed by atoms with Crippen molar-refractivity contribution in [1.82, 2.24) is 5.32 Å². The summed E-state index contributed by atoms with van der Waals surface area (Å²) >= 11 is 0. The lowest BCUT2D eigenvalue weighted by Crippen LogP contribution is -2.33. The number of oxime groups is 1. The fraction of sp³-hybridized carbons (Fsp3) is 0.263. The van der Waals surface area contributed by atoms with Gasteiger partial charge in [0, 0.05) is 12.6 Å². The highest BCUT2D eigenvalue weighted by Crippen LogP contribution is 2.27. The van der Waals surface area contributed by atoms with Crippen LogP contribution in [0.3, 0.4) is 0 Å². The number of nitrogens with one attached hydrogen (secondary N) is 1. The molecule has 0 spiro atoms. The third-order valence-corrected chi connectivity index (χ3v) is 3.83. The van der Waals surface area contributed by atoms with Crippen molar-refractivity contribution in [3.8, 4) is 11.5 Å². The molecule has 0 aliphatic heterocycles. The quantitative estimate of drug-likeness (QED) is 0.402. The topological polar surface area (TPSA) is 112 Å². The van der Waals surface area contributed by atoms with Crippen molar-refractivity contribution < 1.29 is 24.0 Å². The van der Waals surface area contributed by atoms with E-state index >= 15 is 0 Å². The smallest absolute Gasteiger partial charge is 0.278 e. The highest BCUT2D eigenvalue weighted by Gasteiger charge is 2.15. The number of amides is 1. The maximum atomic E-state index is 12.1. The summed E-state index contributed by atoms with van der Waals surface area (Å²) in [6.07, 6.45) is 0.329. The van der Waals surface area contributed by atoms with Gasteiger partial charge in [-0.2, -0.15) is 0 Å². The number of hydrogen-bond acceptors (Lipinski definition) is 7. The standard InChI is InChI=1S/C19H21N3O6/c1-13(28-21-12-15-6-4-5-7-16(15)22(24)25)19(23)20-11-14-8-9-17(26-2)18(10-14)27-3/h4-10,12-13H,11H2,1-3H3,(H,20,23)/b21-12+. The van der Waals surface area contributed by atoms with E-state index in [-0.39, 0.29) is 23.7 Å². The fourth-order valence-corrected chi connectivity index (χ4v) is 2.31. The molecule has 0 heterocycles. The Morgan fingerprint density at radius 3 is 2.61 bits per heavy atom. The molecule has 9 heteroatoms. The summed E-state index contributed by atoms with van der Waals surface area (Å²) in [7, 11) is 3.08. The molecule has 0 aromatic heterocycles. The van der Waals surface area contributed by atoms with Crippen LogP contribution in [0.1, 0.15) is 18.1 Å². The van der Waals surface area contributed by atoms with E-state index in [1.807, 2.05) is 0 Å². The molecule has 0 aliphatic rings. The van der Waals surface area contributed by atoms with E-state index in [0.717, 1.165) is 5.56 Å². The summed E-state index contributed by atoms with van der Waals surface area (Å²) in [6.45, 7) is 1.79. The van der Waals surface area contributed by atoms with Gasteiger partial charge >= 0.3 is 0 Å². The molecule has 28 heavy (non-hydrogen) atoms. The predicted molar refractivity (Wildman–Crippen MR) is 103 cm³/mol. The second-order valence-corrected chi connectivity index (χ2v) is 5.71. The monoisotopic (exact) mass is 387 g/mol. The zero-order valence-electron chi connectivity index (χ0n) is 15.7. The number of carbonyl (C=O) groups is 1. The Morgan fingerprint density at radius 2 is 1.93 bits per heavy atom. The molecule has 0 fully saturated rings. The van der Waals surface area contributed by atoms with Gasteiger partial charge in [0.2, 0.25) is 6.10 Å². The number of methoxy groups -OCH3 is 2. The van der Waals surface area contributed by atoms with Crippen molar-refractivity contribution in [2.75, 3.05) is 14.2 Å². The first-order chi connectivity index (χ1) is 13.5. The Balaban J connectivity index is 1.90. The van der Waals surface area contributed by atoms with Gasteiger partial charge in [-0.05, 0) is 30.7 Å². The van der Waals surface area contributed by atoms with Crippen LogP contribution in [0.15, 0.2) is 47.6 Å². The number of nitro benzene ring substituents is 1. The molecule has 1 unspecified atom stereocenters. The summed E-state index contributed by atoms with van der Waals surface area (Å²) in [4.78, 5) is 27.7. The Labute approximate surface area is 162 Å². The zero-order valence-corrected chi connectivity index (χ0v) is 15.7. The number of rotatable bonds is 9. The van der Waals surface area contributed by atoms with Crippen molar-refractivity contribution in [2.24, 2.45) is 5.16 Å². The van der Waals surface area contributed by atoms with Crippen molar-refractivity contribution in [1.29, 1.82) is 0 Å². The van der Waals surface area contributed by atoms with Crippen LogP contribution in [-0.2, 0) is 16.2 Å². The Hall–Kier alpha value is -3.62. The highest BCUT2D eigenvalue weighted by molar-refractivity contribution is 5.85. The second-order valence-electron chi connectivity index (χ2n) is 5.71. The Kier molecular flexibility index (Phi) is 7.32. The maximum absolute atomic E-state index is 12.1. The highest BCUT2D eigenvalue weighted by atomic mass is 16.6. The van der Waals surface area contributed by atoms with E-state index in [0.29, 0.717) is 11.5 Å². The van der Waals surface area contributed by atoms with Crippen LogP contribution in [0, 0.1) is 10.1 Å². The van der Waals surface area contributed by atoms with E-state index < -0.39 is 11.0 Å². The van der Waals surface area contributed by atoms with Gasteiger partial charge in [-0.1, -0.05) is 23.4 Å². The molecule has 1 amide bonds. The number of carbonyl (C=O) groups excluding carboxylic acids is 1. The fourth-order valence-electron chi connectivity index (χ4n) is 2.31. The van der Waals surface area contributed by atoms with Crippen LogP contribution >= 0.6 is 0 Å². The molecule has 0 radical (unpaired) electrons. The molecule has 2 rings (SSSR count). The van der Waals surface area contributed by atoms with Crippen LogP contribution in [0.25, 0.3) is 0 Å². The first-order valence-corrected chi connectivity index (χ1v) is 8.37. The molecule has 1 N–H and O–H groups in total. The summed E-state index contributed by atoms with van der Waals surface area (Å²) in [5.74, 6) is 0.778. The average molecular weight is 387 g/mol. The van der Waals surface area contributed by atoms with Crippen LogP contribution in [0.5, 0.6) is 11.5 Å². The SMILES string of the molecule is COc1ccc(CNC(=O)C(C)O/N=C/c2ccccc2[N+](=O)[O-])cc1OC. The van der Waals surface area contributed by atoms with Crippen molar-refractivity contribution in [3.05, 3.63) is 63.7 Å². The van der Waals surface area contributed by atoms with Gasteiger partial charge in [-0.3, -0.25) is 14.9 Å². The first-order valence-electron chi connectivity index (χ1n) is 8.37. The molecule has 148 valence electrons. The summed E-state index contributed by atoms with van der Waals surface area (Å²) < 4.78 is 10.4. The number of nitro groups is 1. The maximum Gasteiger partial charge on any atom is 0.278 e. The van der Waals surface area contributed by atoms with Crippen LogP contribution in [0.2, 0.25) is 0 Å². The lowest BCUT2D eigenvalue weighted by Gasteiger charge is -2.12. The minimum Gasteiger partial charge on any atom is -0.493 e. The Bertz CT molecular complexity index is 868. The van der Waals surface area contributed by atoms with Gasteiger partial charge in [0.1, 0.15) is 0 Å². The van der Waals surface area contributed by atoms with Crippen molar-refractivity contribution in [3.63, 3.8) is 0 Å². The number of para-hydroxylation sites is 1. The summed E-state index contributed by atoms with van der Waals surface area (Å²) in [6, 6.07) is 11.4. The third-order valence-electron chi connectivity index (χ3n) is 3.83.